The van der Waals surface area contributed by atoms with Crippen LogP contribution >= 0.6 is 0 Å². The Labute approximate surface area is 158 Å². The highest BCUT2D eigenvalue weighted by molar-refractivity contribution is 5.69. The van der Waals surface area contributed by atoms with Crippen LogP contribution in [-0.2, 0) is 28.5 Å². The highest BCUT2D eigenvalue weighted by Gasteiger charge is 2.18. The highest BCUT2D eigenvalue weighted by Crippen LogP contribution is 2.25. The molecule has 0 heterocycles. The molecule has 7 heteroatoms. The van der Waals surface area contributed by atoms with Crippen molar-refractivity contribution in [3.05, 3.63) is 0 Å². The third-order valence-electron chi connectivity index (χ3n) is 3.32. The Kier molecular flexibility index (Phi) is 16.0. The minimum absolute atomic E-state index is 0.0264. The van der Waals surface area contributed by atoms with E-state index in [4.69, 9.17) is 28.8 Å². The molecule has 0 aliphatic carbocycles. The van der Waals surface area contributed by atoms with Crippen molar-refractivity contribution in [2.24, 2.45) is 11.3 Å². The third kappa shape index (κ3) is 19.6. The molecule has 0 spiro atoms. The van der Waals surface area contributed by atoms with Gasteiger partial charge in [0.05, 0.1) is 59.5 Å². The van der Waals surface area contributed by atoms with Crippen LogP contribution in [0.2, 0.25) is 0 Å². The molecule has 7 nitrogen and oxygen atoms in total. The SMILES string of the molecule is CC(CC(=O)OCCOCCOCCOCCOCCO)CC(C)(C)C. The van der Waals surface area contributed by atoms with Gasteiger partial charge in [0.15, 0.2) is 0 Å². The summed E-state index contributed by atoms with van der Waals surface area (Å²) in [5.41, 5.74) is 0.224. The molecule has 0 saturated heterocycles. The largest absolute Gasteiger partial charge is 0.463 e. The minimum Gasteiger partial charge on any atom is -0.463 e. The molecule has 0 aromatic carbocycles. The second kappa shape index (κ2) is 16.4. The Morgan fingerprint density at radius 1 is 0.808 bits per heavy atom. The van der Waals surface area contributed by atoms with Crippen molar-refractivity contribution in [2.75, 3.05) is 66.1 Å². The quantitative estimate of drug-likeness (QED) is 0.306. The van der Waals surface area contributed by atoms with Crippen LogP contribution < -0.4 is 0 Å². The predicted molar refractivity (Wildman–Crippen MR) is 99.2 cm³/mol. The number of hydrogen-bond acceptors (Lipinski definition) is 7. The molecule has 1 unspecified atom stereocenters. The molecule has 156 valence electrons. The van der Waals surface area contributed by atoms with Gasteiger partial charge in [0.2, 0.25) is 0 Å². The Morgan fingerprint density at radius 2 is 1.23 bits per heavy atom. The zero-order chi connectivity index (χ0) is 19.7. The van der Waals surface area contributed by atoms with Gasteiger partial charge in [-0.25, -0.2) is 0 Å². The van der Waals surface area contributed by atoms with Gasteiger partial charge in [0, 0.05) is 6.42 Å². The van der Waals surface area contributed by atoms with E-state index in [1.54, 1.807) is 0 Å². The third-order valence-corrected chi connectivity index (χ3v) is 3.32. The molecule has 0 rings (SSSR count). The van der Waals surface area contributed by atoms with E-state index in [1.807, 2.05) is 0 Å². The maximum absolute atomic E-state index is 11.7. The molecule has 0 aliphatic heterocycles. The second-order valence-corrected chi connectivity index (χ2v) is 7.47. The summed E-state index contributed by atoms with van der Waals surface area (Å²) in [5, 5.41) is 8.52. The van der Waals surface area contributed by atoms with Crippen LogP contribution in [0.3, 0.4) is 0 Å². The van der Waals surface area contributed by atoms with Crippen LogP contribution in [-0.4, -0.2) is 77.1 Å². The van der Waals surface area contributed by atoms with Crippen LogP contribution in [0.5, 0.6) is 0 Å². The average molecular weight is 379 g/mol. The van der Waals surface area contributed by atoms with Gasteiger partial charge in [-0.05, 0) is 17.8 Å². The minimum atomic E-state index is -0.165. The lowest BCUT2D eigenvalue weighted by Gasteiger charge is -2.22. The summed E-state index contributed by atoms with van der Waals surface area (Å²) in [6.45, 7) is 12.5. The van der Waals surface area contributed by atoms with Gasteiger partial charge >= 0.3 is 5.97 Å². The monoisotopic (exact) mass is 378 g/mol. The van der Waals surface area contributed by atoms with E-state index in [-0.39, 0.29) is 24.6 Å². The fourth-order valence-electron chi connectivity index (χ4n) is 2.50. The number of carbonyl (C=O) groups excluding carboxylic acids is 1. The molecule has 1 N–H and O–H groups in total. The van der Waals surface area contributed by atoms with E-state index >= 15 is 0 Å². The number of aliphatic hydroxyl groups excluding tert-OH is 1. The van der Waals surface area contributed by atoms with Crippen molar-refractivity contribution in [2.45, 2.75) is 40.5 Å². The maximum Gasteiger partial charge on any atom is 0.306 e. The van der Waals surface area contributed by atoms with Gasteiger partial charge in [-0.3, -0.25) is 4.79 Å². The summed E-state index contributed by atoms with van der Waals surface area (Å²) >= 11 is 0. The maximum atomic E-state index is 11.7. The molecule has 0 radical (unpaired) electrons. The Balaban J connectivity index is 3.29. The van der Waals surface area contributed by atoms with E-state index in [9.17, 15) is 4.79 Å². The first-order chi connectivity index (χ1) is 12.3. The van der Waals surface area contributed by atoms with Gasteiger partial charge < -0.3 is 28.8 Å². The number of carbonyl (C=O) groups is 1. The first kappa shape index (κ1) is 25.3. The molecular formula is C19H38O7. The topological polar surface area (TPSA) is 83.5 Å². The molecule has 0 amide bonds. The van der Waals surface area contributed by atoms with Gasteiger partial charge in [0.25, 0.3) is 0 Å². The molecule has 0 aromatic rings. The van der Waals surface area contributed by atoms with E-state index in [0.717, 1.165) is 6.42 Å². The summed E-state index contributed by atoms with van der Waals surface area (Å²) in [5.74, 6) is 0.155. The molecule has 0 saturated carbocycles. The van der Waals surface area contributed by atoms with E-state index in [0.29, 0.717) is 65.2 Å². The Bertz CT molecular complexity index is 328. The summed E-state index contributed by atoms with van der Waals surface area (Å²) in [6, 6.07) is 0. The standard InChI is InChI=1S/C19H38O7/c1-17(16-19(2,3)4)15-18(21)26-14-13-25-12-11-24-10-9-23-8-7-22-6-5-20/h17,20H,5-16H2,1-4H3. The van der Waals surface area contributed by atoms with Gasteiger partial charge in [0.1, 0.15) is 6.61 Å². The number of aliphatic hydroxyl groups is 1. The Hall–Kier alpha value is -0.730. The van der Waals surface area contributed by atoms with E-state index < -0.39 is 0 Å². The number of esters is 1. The Morgan fingerprint density at radius 3 is 1.65 bits per heavy atom. The first-order valence-electron chi connectivity index (χ1n) is 9.42. The molecule has 1 atom stereocenters. The second-order valence-electron chi connectivity index (χ2n) is 7.47. The summed E-state index contributed by atoms with van der Waals surface area (Å²) in [7, 11) is 0. The molecule has 0 aliphatic rings. The van der Waals surface area contributed by atoms with Crippen LogP contribution in [0.4, 0.5) is 0 Å². The zero-order valence-electron chi connectivity index (χ0n) is 17.0. The normalized spacial score (nSPS) is 13.0. The predicted octanol–water partition coefficient (Wildman–Crippen LogP) is 2.05. The molecular weight excluding hydrogens is 340 g/mol. The van der Waals surface area contributed by atoms with Crippen LogP contribution in [0.25, 0.3) is 0 Å². The zero-order valence-corrected chi connectivity index (χ0v) is 17.0. The first-order valence-corrected chi connectivity index (χ1v) is 9.42. The molecule has 0 fully saturated rings. The van der Waals surface area contributed by atoms with Crippen molar-refractivity contribution >= 4 is 5.97 Å². The summed E-state index contributed by atoms with van der Waals surface area (Å²) < 4.78 is 26.2. The highest BCUT2D eigenvalue weighted by atomic mass is 16.6. The van der Waals surface area contributed by atoms with Crippen molar-refractivity contribution in [3.8, 4) is 0 Å². The van der Waals surface area contributed by atoms with Crippen molar-refractivity contribution in [1.29, 1.82) is 0 Å². The van der Waals surface area contributed by atoms with Crippen molar-refractivity contribution in [3.63, 3.8) is 0 Å². The lowest BCUT2D eigenvalue weighted by molar-refractivity contribution is -0.146. The molecule has 26 heavy (non-hydrogen) atoms. The number of hydrogen-bond donors (Lipinski definition) is 1. The fraction of sp³-hybridized carbons (Fsp3) is 0.947. The summed E-state index contributed by atoms with van der Waals surface area (Å²) in [6.07, 6.45) is 1.45. The van der Waals surface area contributed by atoms with Crippen LogP contribution in [0.1, 0.15) is 40.5 Å². The number of ether oxygens (including phenoxy) is 5. The molecule has 0 aromatic heterocycles. The lowest BCUT2D eigenvalue weighted by atomic mass is 9.84. The average Bonchev–Trinajstić information content (AvgIpc) is 2.53. The fourth-order valence-corrected chi connectivity index (χ4v) is 2.50. The van der Waals surface area contributed by atoms with Crippen LogP contribution in [0, 0.1) is 11.3 Å². The van der Waals surface area contributed by atoms with Gasteiger partial charge in [-0.1, -0.05) is 27.7 Å². The lowest BCUT2D eigenvalue weighted by Crippen LogP contribution is -2.18. The van der Waals surface area contributed by atoms with Crippen molar-refractivity contribution in [1.82, 2.24) is 0 Å². The smallest absolute Gasteiger partial charge is 0.306 e. The van der Waals surface area contributed by atoms with Gasteiger partial charge in [-0.2, -0.15) is 0 Å². The van der Waals surface area contributed by atoms with Crippen molar-refractivity contribution < 1.29 is 33.6 Å². The summed E-state index contributed by atoms with van der Waals surface area (Å²) in [4.78, 5) is 11.7. The van der Waals surface area contributed by atoms with Gasteiger partial charge in [-0.15, -0.1) is 0 Å². The van der Waals surface area contributed by atoms with E-state index in [2.05, 4.69) is 27.7 Å². The molecule has 0 bridgehead atoms. The van der Waals surface area contributed by atoms with E-state index in [1.165, 1.54) is 0 Å². The number of rotatable bonds is 17. The van der Waals surface area contributed by atoms with Crippen LogP contribution in [0.15, 0.2) is 0 Å².